The number of rotatable bonds is 7. The van der Waals surface area contributed by atoms with Crippen LogP contribution < -0.4 is 0 Å². The average molecular weight is 230 g/mol. The van der Waals surface area contributed by atoms with Gasteiger partial charge in [0, 0.05) is 7.11 Å². The van der Waals surface area contributed by atoms with Gasteiger partial charge in [-0.05, 0) is 6.42 Å². The van der Waals surface area contributed by atoms with Crippen LogP contribution in [0.5, 0.6) is 0 Å². The second-order valence-corrected chi connectivity index (χ2v) is 4.00. The second-order valence-electron chi connectivity index (χ2n) is 4.00. The lowest BCUT2D eigenvalue weighted by Crippen LogP contribution is -2.35. The minimum absolute atomic E-state index is 0.0835. The lowest BCUT2D eigenvalue weighted by Gasteiger charge is -2.19. The van der Waals surface area contributed by atoms with Gasteiger partial charge in [-0.3, -0.25) is 0 Å². The van der Waals surface area contributed by atoms with Crippen LogP contribution in [0, 0.1) is 0 Å². The molecule has 1 saturated heterocycles. The molecular formula is C12H22O4. The van der Waals surface area contributed by atoms with E-state index < -0.39 is 12.4 Å². The molecule has 0 saturated carbocycles. The highest BCUT2D eigenvalue weighted by atomic mass is 16.7. The highest BCUT2D eigenvalue weighted by Gasteiger charge is 2.44. The van der Waals surface area contributed by atoms with Crippen LogP contribution in [-0.4, -0.2) is 43.4 Å². The first-order chi connectivity index (χ1) is 7.74. The van der Waals surface area contributed by atoms with Crippen molar-refractivity contribution in [1.82, 2.24) is 0 Å². The fourth-order valence-corrected chi connectivity index (χ4v) is 1.92. The summed E-state index contributed by atoms with van der Waals surface area (Å²) in [7, 11) is 1.53. The van der Waals surface area contributed by atoms with Crippen LogP contribution in [0.2, 0.25) is 0 Å². The standard InChI is InChI=1S/C12H22O4/c1-4-6-7-9-11(15-8-5-2)10(13)12(14-3)16-9/h5,9-13H,2,4,6-8H2,1,3H3/t9-,10-,11+,12+/m1/s1. The van der Waals surface area contributed by atoms with Crippen LogP contribution in [0.1, 0.15) is 26.2 Å². The number of ether oxygens (including phenoxy) is 3. The van der Waals surface area contributed by atoms with Gasteiger partial charge in [-0.1, -0.05) is 25.8 Å². The van der Waals surface area contributed by atoms with E-state index in [-0.39, 0.29) is 12.2 Å². The van der Waals surface area contributed by atoms with Gasteiger partial charge in [-0.25, -0.2) is 0 Å². The third-order valence-electron chi connectivity index (χ3n) is 2.77. The third-order valence-corrected chi connectivity index (χ3v) is 2.77. The predicted molar refractivity (Wildman–Crippen MR) is 61.1 cm³/mol. The number of hydrogen-bond acceptors (Lipinski definition) is 4. The Bertz CT molecular complexity index is 207. The van der Waals surface area contributed by atoms with Crippen LogP contribution in [0.4, 0.5) is 0 Å². The van der Waals surface area contributed by atoms with Crippen molar-refractivity contribution in [2.24, 2.45) is 0 Å². The van der Waals surface area contributed by atoms with Crippen molar-refractivity contribution in [3.05, 3.63) is 12.7 Å². The van der Waals surface area contributed by atoms with Gasteiger partial charge >= 0.3 is 0 Å². The van der Waals surface area contributed by atoms with Crippen LogP contribution >= 0.6 is 0 Å². The van der Waals surface area contributed by atoms with Crippen LogP contribution in [-0.2, 0) is 14.2 Å². The van der Waals surface area contributed by atoms with Crippen LogP contribution in [0.3, 0.4) is 0 Å². The van der Waals surface area contributed by atoms with Gasteiger partial charge in [0.25, 0.3) is 0 Å². The number of methoxy groups -OCH3 is 1. The third kappa shape index (κ3) is 3.28. The molecule has 0 unspecified atom stereocenters. The maximum Gasteiger partial charge on any atom is 0.186 e. The summed E-state index contributed by atoms with van der Waals surface area (Å²) in [6, 6.07) is 0. The quantitative estimate of drug-likeness (QED) is 0.673. The molecule has 4 heteroatoms. The van der Waals surface area contributed by atoms with Gasteiger partial charge in [-0.2, -0.15) is 0 Å². The monoisotopic (exact) mass is 230 g/mol. The summed E-state index contributed by atoms with van der Waals surface area (Å²) < 4.78 is 16.2. The number of hydrogen-bond donors (Lipinski definition) is 1. The zero-order valence-corrected chi connectivity index (χ0v) is 10.1. The van der Waals surface area contributed by atoms with Crippen molar-refractivity contribution in [3.8, 4) is 0 Å². The summed E-state index contributed by atoms with van der Waals surface area (Å²) in [5.74, 6) is 0. The van der Waals surface area contributed by atoms with Gasteiger partial charge in [0.1, 0.15) is 12.2 Å². The lowest BCUT2D eigenvalue weighted by atomic mass is 10.1. The highest BCUT2D eigenvalue weighted by molar-refractivity contribution is 4.88. The van der Waals surface area contributed by atoms with Gasteiger partial charge in [0.05, 0.1) is 12.7 Å². The van der Waals surface area contributed by atoms with Gasteiger partial charge < -0.3 is 19.3 Å². The summed E-state index contributed by atoms with van der Waals surface area (Å²) in [5.41, 5.74) is 0. The summed E-state index contributed by atoms with van der Waals surface area (Å²) in [6.07, 6.45) is 3.03. The first-order valence-electron chi connectivity index (χ1n) is 5.83. The molecule has 1 heterocycles. The highest BCUT2D eigenvalue weighted by Crippen LogP contribution is 2.27. The van der Waals surface area contributed by atoms with Gasteiger partial charge in [0.15, 0.2) is 6.29 Å². The summed E-state index contributed by atoms with van der Waals surface area (Å²) in [5, 5.41) is 9.94. The Morgan fingerprint density at radius 2 is 2.25 bits per heavy atom. The lowest BCUT2D eigenvalue weighted by molar-refractivity contribution is -0.149. The van der Waals surface area contributed by atoms with Crippen molar-refractivity contribution < 1.29 is 19.3 Å². The van der Waals surface area contributed by atoms with Crippen molar-refractivity contribution in [1.29, 1.82) is 0 Å². The summed E-state index contributed by atoms with van der Waals surface area (Å²) >= 11 is 0. The van der Waals surface area contributed by atoms with E-state index in [2.05, 4.69) is 13.5 Å². The molecule has 0 spiro atoms. The molecule has 1 fully saturated rings. The van der Waals surface area contributed by atoms with Crippen molar-refractivity contribution in [3.63, 3.8) is 0 Å². The molecule has 1 aliphatic heterocycles. The minimum Gasteiger partial charge on any atom is -0.385 e. The fourth-order valence-electron chi connectivity index (χ4n) is 1.92. The molecule has 1 aliphatic rings. The SMILES string of the molecule is C=CCO[C@@H]1[C@@H](O)[C@@H](OC)O[C@@H]1CCCC. The Morgan fingerprint density at radius 3 is 2.81 bits per heavy atom. The fraction of sp³-hybridized carbons (Fsp3) is 0.833. The van der Waals surface area contributed by atoms with E-state index in [1.165, 1.54) is 7.11 Å². The first kappa shape index (κ1) is 13.6. The van der Waals surface area contributed by atoms with E-state index in [1.54, 1.807) is 6.08 Å². The van der Waals surface area contributed by atoms with E-state index in [0.29, 0.717) is 6.61 Å². The smallest absolute Gasteiger partial charge is 0.186 e. The van der Waals surface area contributed by atoms with E-state index in [1.807, 2.05) is 0 Å². The summed E-state index contributed by atoms with van der Waals surface area (Å²) in [4.78, 5) is 0. The molecule has 4 nitrogen and oxygen atoms in total. The molecule has 0 aromatic rings. The predicted octanol–water partition coefficient (Wildman–Crippen LogP) is 1.48. The molecule has 0 radical (unpaired) electrons. The topological polar surface area (TPSA) is 47.9 Å². The molecule has 1 rings (SSSR count). The maximum atomic E-state index is 9.94. The number of aliphatic hydroxyl groups excluding tert-OH is 1. The molecule has 94 valence electrons. The Hall–Kier alpha value is -0.420. The number of unbranched alkanes of at least 4 members (excludes halogenated alkanes) is 1. The van der Waals surface area contributed by atoms with Crippen LogP contribution in [0.25, 0.3) is 0 Å². The van der Waals surface area contributed by atoms with Crippen molar-refractivity contribution in [2.45, 2.75) is 50.8 Å². The molecule has 0 aliphatic carbocycles. The number of aliphatic hydroxyl groups is 1. The largest absolute Gasteiger partial charge is 0.385 e. The Kier molecular flexibility index (Phi) is 5.98. The van der Waals surface area contributed by atoms with E-state index in [9.17, 15) is 5.11 Å². The van der Waals surface area contributed by atoms with E-state index >= 15 is 0 Å². The molecule has 0 bridgehead atoms. The van der Waals surface area contributed by atoms with Crippen molar-refractivity contribution >= 4 is 0 Å². The molecule has 16 heavy (non-hydrogen) atoms. The molecular weight excluding hydrogens is 208 g/mol. The minimum atomic E-state index is -0.716. The zero-order valence-electron chi connectivity index (χ0n) is 10.1. The van der Waals surface area contributed by atoms with Gasteiger partial charge in [0.2, 0.25) is 0 Å². The molecule has 0 aromatic carbocycles. The average Bonchev–Trinajstić information content (AvgIpc) is 2.60. The first-order valence-corrected chi connectivity index (χ1v) is 5.83. The summed E-state index contributed by atoms with van der Waals surface area (Å²) in [6.45, 7) is 6.14. The normalized spacial score (nSPS) is 34.2. The Morgan fingerprint density at radius 1 is 1.50 bits per heavy atom. The zero-order chi connectivity index (χ0) is 12.0. The molecule has 0 amide bonds. The Labute approximate surface area is 97.2 Å². The van der Waals surface area contributed by atoms with Gasteiger partial charge in [-0.15, -0.1) is 6.58 Å². The maximum absolute atomic E-state index is 9.94. The van der Waals surface area contributed by atoms with Crippen LogP contribution in [0.15, 0.2) is 12.7 Å². The molecule has 4 atom stereocenters. The van der Waals surface area contributed by atoms with Crippen molar-refractivity contribution in [2.75, 3.05) is 13.7 Å². The molecule has 1 N–H and O–H groups in total. The molecule has 0 aromatic heterocycles. The van der Waals surface area contributed by atoms with E-state index in [4.69, 9.17) is 14.2 Å². The second kappa shape index (κ2) is 7.01. The van der Waals surface area contributed by atoms with E-state index in [0.717, 1.165) is 19.3 Å². The Balaban J connectivity index is 2.53.